The average Bonchev–Trinajstić information content (AvgIpc) is 2.65. The first-order valence-electron chi connectivity index (χ1n) is 7.89. The quantitative estimate of drug-likeness (QED) is 0.415. The molecule has 122 valence electrons. The van der Waals surface area contributed by atoms with E-state index in [9.17, 15) is 9.59 Å². The zero-order valence-corrected chi connectivity index (χ0v) is 13.3. The molecular weight excluding hydrogens is 316 g/mol. The maximum Gasteiger partial charge on any atom is 0.351 e. The molecule has 0 amide bonds. The van der Waals surface area contributed by atoms with Crippen LogP contribution in [0.2, 0.25) is 0 Å². The van der Waals surface area contributed by atoms with E-state index in [-0.39, 0.29) is 12.2 Å². The van der Waals surface area contributed by atoms with Crippen LogP contribution >= 0.6 is 0 Å². The van der Waals surface area contributed by atoms with Crippen LogP contribution in [0.15, 0.2) is 82.0 Å². The molecule has 0 atom stereocenters. The normalized spacial score (nSPS) is 10.9. The Bertz CT molecular complexity index is 1140. The smallest absolute Gasteiger partial charge is 0.351 e. The van der Waals surface area contributed by atoms with Crippen molar-refractivity contribution in [3.8, 4) is 0 Å². The molecular formula is C21H14O4. The van der Waals surface area contributed by atoms with Crippen LogP contribution in [0.25, 0.3) is 21.7 Å². The third-order valence-corrected chi connectivity index (χ3v) is 4.10. The molecule has 0 N–H and O–H groups in total. The van der Waals surface area contributed by atoms with E-state index in [1.807, 2.05) is 48.5 Å². The number of hydrogen-bond donors (Lipinski definition) is 0. The minimum Gasteiger partial charge on any atom is -0.457 e. The lowest BCUT2D eigenvalue weighted by Gasteiger charge is -2.08. The Morgan fingerprint density at radius 1 is 0.880 bits per heavy atom. The highest BCUT2D eigenvalue weighted by Crippen LogP contribution is 2.20. The summed E-state index contributed by atoms with van der Waals surface area (Å²) in [5.41, 5.74) is 0.537. The van der Waals surface area contributed by atoms with Crippen molar-refractivity contribution in [2.75, 3.05) is 0 Å². The van der Waals surface area contributed by atoms with Crippen LogP contribution in [-0.4, -0.2) is 5.97 Å². The molecule has 0 radical (unpaired) electrons. The zero-order valence-electron chi connectivity index (χ0n) is 13.3. The lowest BCUT2D eigenvalue weighted by atomic mass is 10.1. The van der Waals surface area contributed by atoms with Gasteiger partial charge in [-0.15, -0.1) is 0 Å². The van der Waals surface area contributed by atoms with E-state index in [2.05, 4.69) is 0 Å². The lowest BCUT2D eigenvalue weighted by Crippen LogP contribution is -2.16. The van der Waals surface area contributed by atoms with Gasteiger partial charge in [0.05, 0.1) is 0 Å². The van der Waals surface area contributed by atoms with Gasteiger partial charge in [-0.25, -0.2) is 9.59 Å². The fourth-order valence-electron chi connectivity index (χ4n) is 2.84. The molecule has 0 unspecified atom stereocenters. The number of carbonyl (C=O) groups excluding carboxylic acids is 1. The fourth-order valence-corrected chi connectivity index (χ4v) is 2.84. The van der Waals surface area contributed by atoms with Crippen LogP contribution in [0, 0.1) is 0 Å². The van der Waals surface area contributed by atoms with Gasteiger partial charge in [0.15, 0.2) is 0 Å². The Hall–Kier alpha value is -3.40. The molecule has 1 heterocycles. The first kappa shape index (κ1) is 15.1. The number of rotatable bonds is 3. The zero-order chi connectivity index (χ0) is 17.2. The molecule has 0 spiro atoms. The Morgan fingerprint density at radius 2 is 1.60 bits per heavy atom. The standard InChI is InChI=1S/C21H14O4/c22-20(18-12-15-7-2-4-11-19(15)25-21(18)23)24-13-16-9-5-8-14-6-1-3-10-17(14)16/h1-12H,13H2. The number of para-hydroxylation sites is 1. The van der Waals surface area contributed by atoms with E-state index in [4.69, 9.17) is 9.15 Å². The summed E-state index contributed by atoms with van der Waals surface area (Å²) in [6.07, 6.45) is 0. The Kier molecular flexibility index (Phi) is 3.78. The van der Waals surface area contributed by atoms with Crippen LogP contribution < -0.4 is 5.63 Å². The van der Waals surface area contributed by atoms with Gasteiger partial charge in [0.25, 0.3) is 0 Å². The number of carbonyl (C=O) groups is 1. The maximum atomic E-state index is 12.3. The van der Waals surface area contributed by atoms with Crippen molar-refractivity contribution in [1.29, 1.82) is 0 Å². The van der Waals surface area contributed by atoms with Gasteiger partial charge in [-0.05, 0) is 28.5 Å². The molecule has 3 aromatic carbocycles. The summed E-state index contributed by atoms with van der Waals surface area (Å²) in [5, 5.41) is 2.77. The summed E-state index contributed by atoms with van der Waals surface area (Å²) >= 11 is 0. The molecule has 0 aliphatic carbocycles. The Morgan fingerprint density at radius 3 is 2.48 bits per heavy atom. The van der Waals surface area contributed by atoms with Crippen molar-refractivity contribution in [2.45, 2.75) is 6.61 Å². The fraction of sp³-hybridized carbons (Fsp3) is 0.0476. The molecule has 4 heteroatoms. The topological polar surface area (TPSA) is 56.5 Å². The number of hydrogen-bond acceptors (Lipinski definition) is 4. The maximum absolute atomic E-state index is 12.3. The molecule has 0 saturated carbocycles. The van der Waals surface area contributed by atoms with E-state index in [1.54, 1.807) is 18.2 Å². The second kappa shape index (κ2) is 6.24. The van der Waals surface area contributed by atoms with Crippen molar-refractivity contribution in [2.24, 2.45) is 0 Å². The average molecular weight is 330 g/mol. The van der Waals surface area contributed by atoms with Crippen molar-refractivity contribution >= 4 is 27.7 Å². The SMILES string of the molecule is O=C(OCc1cccc2ccccc12)c1cc2ccccc2oc1=O. The second-order valence-corrected chi connectivity index (χ2v) is 5.70. The Labute approximate surface area is 143 Å². The summed E-state index contributed by atoms with van der Waals surface area (Å²) in [5.74, 6) is -0.688. The van der Waals surface area contributed by atoms with Crippen LogP contribution in [0.3, 0.4) is 0 Å². The van der Waals surface area contributed by atoms with Crippen LogP contribution in [0.5, 0.6) is 0 Å². The van der Waals surface area contributed by atoms with Crippen LogP contribution in [0.4, 0.5) is 0 Å². The molecule has 25 heavy (non-hydrogen) atoms. The van der Waals surface area contributed by atoms with Crippen molar-refractivity contribution in [3.05, 3.63) is 94.3 Å². The van der Waals surface area contributed by atoms with Gasteiger partial charge in [-0.3, -0.25) is 0 Å². The monoisotopic (exact) mass is 330 g/mol. The molecule has 0 saturated heterocycles. The Balaban J connectivity index is 1.62. The predicted molar refractivity (Wildman–Crippen MR) is 95.6 cm³/mol. The molecule has 0 aliphatic rings. The molecule has 1 aromatic heterocycles. The van der Waals surface area contributed by atoms with Gasteiger partial charge in [0.2, 0.25) is 0 Å². The van der Waals surface area contributed by atoms with Gasteiger partial charge < -0.3 is 9.15 Å². The lowest BCUT2D eigenvalue weighted by molar-refractivity contribution is 0.0470. The number of esters is 1. The minimum absolute atomic E-state index is 0.0897. The first-order chi connectivity index (χ1) is 12.2. The number of benzene rings is 3. The van der Waals surface area contributed by atoms with E-state index in [1.165, 1.54) is 6.07 Å². The van der Waals surface area contributed by atoms with Gasteiger partial charge >= 0.3 is 11.6 Å². The molecule has 0 fully saturated rings. The third kappa shape index (κ3) is 2.90. The largest absolute Gasteiger partial charge is 0.457 e. The summed E-state index contributed by atoms with van der Waals surface area (Å²) < 4.78 is 10.5. The molecule has 4 nitrogen and oxygen atoms in total. The van der Waals surface area contributed by atoms with E-state index < -0.39 is 11.6 Å². The summed E-state index contributed by atoms with van der Waals surface area (Å²) in [7, 11) is 0. The van der Waals surface area contributed by atoms with Gasteiger partial charge in [-0.2, -0.15) is 0 Å². The highest BCUT2D eigenvalue weighted by molar-refractivity contribution is 5.93. The van der Waals surface area contributed by atoms with Gasteiger partial charge in [0.1, 0.15) is 17.8 Å². The van der Waals surface area contributed by atoms with Crippen molar-refractivity contribution in [1.82, 2.24) is 0 Å². The molecule has 4 rings (SSSR count). The van der Waals surface area contributed by atoms with Gasteiger partial charge in [-0.1, -0.05) is 60.7 Å². The van der Waals surface area contributed by atoms with Crippen molar-refractivity contribution < 1.29 is 13.9 Å². The van der Waals surface area contributed by atoms with E-state index >= 15 is 0 Å². The van der Waals surface area contributed by atoms with E-state index in [0.717, 1.165) is 16.3 Å². The van der Waals surface area contributed by atoms with Crippen molar-refractivity contribution in [3.63, 3.8) is 0 Å². The highest BCUT2D eigenvalue weighted by atomic mass is 16.5. The summed E-state index contributed by atoms with van der Waals surface area (Å²) in [6, 6.07) is 22.2. The molecule has 0 bridgehead atoms. The number of fused-ring (bicyclic) bond motifs is 2. The molecule has 0 aliphatic heterocycles. The first-order valence-corrected chi connectivity index (χ1v) is 7.89. The number of ether oxygens (including phenoxy) is 1. The predicted octanol–water partition coefficient (Wildman–Crippen LogP) is 4.30. The molecule has 4 aromatic rings. The summed E-state index contributed by atoms with van der Waals surface area (Å²) in [6.45, 7) is 0.0897. The van der Waals surface area contributed by atoms with Crippen LogP contribution in [-0.2, 0) is 11.3 Å². The summed E-state index contributed by atoms with van der Waals surface area (Å²) in [4.78, 5) is 24.4. The highest BCUT2D eigenvalue weighted by Gasteiger charge is 2.15. The van der Waals surface area contributed by atoms with Gasteiger partial charge in [0, 0.05) is 5.39 Å². The van der Waals surface area contributed by atoms with Crippen LogP contribution in [0.1, 0.15) is 15.9 Å². The third-order valence-electron chi connectivity index (χ3n) is 4.10. The second-order valence-electron chi connectivity index (χ2n) is 5.70. The van der Waals surface area contributed by atoms with E-state index in [0.29, 0.717) is 11.0 Å². The minimum atomic E-state index is -0.693.